The Bertz CT molecular complexity index is 276. The van der Waals surface area contributed by atoms with Crippen molar-refractivity contribution in [2.45, 2.75) is 25.7 Å². The monoisotopic (exact) mass is 231 g/mol. The molecule has 0 bridgehead atoms. The Labute approximate surface area is 93.9 Å². The normalized spacial score (nSPS) is 25.2. The Hall–Kier alpha value is -1.14. The highest BCUT2D eigenvalue weighted by Gasteiger charge is 2.48. The SMILES string of the molecule is COC(OC)C(C)NC(=O)[C@@H]1C[C@@H]1C(=O)O. The highest BCUT2D eigenvalue weighted by Crippen LogP contribution is 2.38. The third kappa shape index (κ3) is 2.93. The molecule has 6 nitrogen and oxygen atoms in total. The summed E-state index contributed by atoms with van der Waals surface area (Å²) in [7, 11) is 2.96. The first-order valence-electron chi connectivity index (χ1n) is 5.10. The predicted molar refractivity (Wildman–Crippen MR) is 54.6 cm³/mol. The van der Waals surface area contributed by atoms with Crippen LogP contribution < -0.4 is 5.32 Å². The van der Waals surface area contributed by atoms with E-state index in [0.717, 1.165) is 0 Å². The largest absolute Gasteiger partial charge is 0.481 e. The molecule has 1 fully saturated rings. The molecule has 2 N–H and O–H groups in total. The molecule has 6 heteroatoms. The number of rotatable bonds is 6. The van der Waals surface area contributed by atoms with Gasteiger partial charge in [0.2, 0.25) is 5.91 Å². The molecule has 3 atom stereocenters. The summed E-state index contributed by atoms with van der Waals surface area (Å²) in [5.41, 5.74) is 0. The van der Waals surface area contributed by atoms with Crippen LogP contribution in [0.2, 0.25) is 0 Å². The Morgan fingerprint density at radius 1 is 1.31 bits per heavy atom. The second kappa shape index (κ2) is 5.27. The number of nitrogens with one attached hydrogen (secondary N) is 1. The van der Waals surface area contributed by atoms with Crippen LogP contribution in [0.25, 0.3) is 0 Å². The van der Waals surface area contributed by atoms with E-state index in [9.17, 15) is 9.59 Å². The minimum absolute atomic E-state index is 0.251. The van der Waals surface area contributed by atoms with Crippen LogP contribution in [0.5, 0.6) is 0 Å². The van der Waals surface area contributed by atoms with Crippen molar-refractivity contribution in [1.82, 2.24) is 5.32 Å². The molecule has 1 amide bonds. The summed E-state index contributed by atoms with van der Waals surface area (Å²) < 4.78 is 9.97. The van der Waals surface area contributed by atoms with Crippen LogP contribution in [0.15, 0.2) is 0 Å². The minimum Gasteiger partial charge on any atom is -0.481 e. The van der Waals surface area contributed by atoms with Crippen LogP contribution in [0.3, 0.4) is 0 Å². The van der Waals surface area contributed by atoms with Crippen molar-refractivity contribution in [2.24, 2.45) is 11.8 Å². The number of carboxylic acids is 1. The molecule has 0 aromatic heterocycles. The lowest BCUT2D eigenvalue weighted by Crippen LogP contribution is -2.43. The van der Waals surface area contributed by atoms with Gasteiger partial charge in [0, 0.05) is 14.2 Å². The summed E-state index contributed by atoms with van der Waals surface area (Å²) in [4.78, 5) is 22.2. The van der Waals surface area contributed by atoms with Crippen LogP contribution in [0, 0.1) is 11.8 Å². The fourth-order valence-corrected chi connectivity index (χ4v) is 1.66. The molecule has 0 aromatic rings. The Kier molecular flexibility index (Phi) is 4.26. The molecule has 0 saturated heterocycles. The third-order valence-electron chi connectivity index (χ3n) is 2.69. The molecule has 1 unspecified atom stereocenters. The zero-order chi connectivity index (χ0) is 12.3. The number of amides is 1. The van der Waals surface area contributed by atoms with Crippen LogP contribution in [-0.4, -0.2) is 43.5 Å². The second-order valence-corrected chi connectivity index (χ2v) is 3.92. The minimum atomic E-state index is -0.914. The van der Waals surface area contributed by atoms with Gasteiger partial charge in [-0.05, 0) is 13.3 Å². The van der Waals surface area contributed by atoms with Crippen LogP contribution >= 0.6 is 0 Å². The van der Waals surface area contributed by atoms with E-state index in [0.29, 0.717) is 6.42 Å². The molecule has 1 aliphatic carbocycles. The lowest BCUT2D eigenvalue weighted by atomic mass is 10.2. The number of aliphatic carboxylic acids is 1. The molecule has 0 aromatic carbocycles. The highest BCUT2D eigenvalue weighted by molar-refractivity contribution is 5.89. The predicted octanol–water partition coefficient (Wildman–Crippen LogP) is -0.169. The maximum atomic E-state index is 11.6. The number of carboxylic acid groups (broad SMARTS) is 1. The van der Waals surface area contributed by atoms with E-state index in [2.05, 4.69) is 5.32 Å². The Morgan fingerprint density at radius 2 is 1.88 bits per heavy atom. The third-order valence-corrected chi connectivity index (χ3v) is 2.69. The summed E-state index contributed by atoms with van der Waals surface area (Å²) in [6, 6.07) is -0.308. The van der Waals surface area contributed by atoms with Crippen molar-refractivity contribution in [1.29, 1.82) is 0 Å². The van der Waals surface area contributed by atoms with Gasteiger partial charge in [-0.2, -0.15) is 0 Å². The molecule has 0 radical (unpaired) electrons. The quantitative estimate of drug-likeness (QED) is 0.620. The van der Waals surface area contributed by atoms with Gasteiger partial charge in [-0.3, -0.25) is 9.59 Å². The molecular formula is C10H17NO5. The summed E-state index contributed by atoms with van der Waals surface area (Å²) in [6.45, 7) is 1.74. The summed E-state index contributed by atoms with van der Waals surface area (Å²) in [5.74, 6) is -2.10. The molecule has 0 heterocycles. The van der Waals surface area contributed by atoms with E-state index in [1.165, 1.54) is 14.2 Å². The van der Waals surface area contributed by atoms with Gasteiger partial charge < -0.3 is 19.9 Å². The standard InChI is InChI=1S/C10H17NO5/c1-5(10(15-2)16-3)11-8(12)6-4-7(6)9(13)14/h5-7,10H,4H2,1-3H3,(H,11,12)(H,13,14)/t5?,6-,7+/m1/s1. The Balaban J connectivity index is 2.38. The second-order valence-electron chi connectivity index (χ2n) is 3.92. The maximum absolute atomic E-state index is 11.6. The van der Waals surface area contributed by atoms with Gasteiger partial charge in [0.15, 0.2) is 6.29 Å². The first-order chi connectivity index (χ1) is 7.51. The van der Waals surface area contributed by atoms with Gasteiger partial charge in [0.05, 0.1) is 17.9 Å². The van der Waals surface area contributed by atoms with Crippen molar-refractivity contribution in [3.63, 3.8) is 0 Å². The van der Waals surface area contributed by atoms with Gasteiger partial charge >= 0.3 is 5.97 Å². The Morgan fingerprint density at radius 3 is 2.25 bits per heavy atom. The zero-order valence-corrected chi connectivity index (χ0v) is 9.60. The summed E-state index contributed by atoms with van der Waals surface area (Å²) in [6.07, 6.45) is -0.107. The number of methoxy groups -OCH3 is 2. The van der Waals surface area contributed by atoms with Gasteiger partial charge in [-0.15, -0.1) is 0 Å². The summed E-state index contributed by atoms with van der Waals surface area (Å²) >= 11 is 0. The van der Waals surface area contributed by atoms with Gasteiger partial charge in [0.25, 0.3) is 0 Å². The molecule has 16 heavy (non-hydrogen) atoms. The number of carbonyl (C=O) groups excluding carboxylic acids is 1. The van der Waals surface area contributed by atoms with Crippen molar-refractivity contribution in [3.05, 3.63) is 0 Å². The van der Waals surface area contributed by atoms with Crippen LogP contribution in [0.4, 0.5) is 0 Å². The number of ether oxygens (including phenoxy) is 2. The van der Waals surface area contributed by atoms with Crippen molar-refractivity contribution in [2.75, 3.05) is 14.2 Å². The van der Waals surface area contributed by atoms with Gasteiger partial charge in [-0.1, -0.05) is 0 Å². The van der Waals surface area contributed by atoms with E-state index >= 15 is 0 Å². The summed E-state index contributed by atoms with van der Waals surface area (Å²) in [5, 5.41) is 11.4. The molecular weight excluding hydrogens is 214 g/mol. The number of hydrogen-bond donors (Lipinski definition) is 2. The first kappa shape index (κ1) is 12.9. The van der Waals surface area contributed by atoms with E-state index in [-0.39, 0.29) is 11.9 Å². The van der Waals surface area contributed by atoms with Crippen molar-refractivity contribution < 1.29 is 24.2 Å². The van der Waals surface area contributed by atoms with Crippen LogP contribution in [0.1, 0.15) is 13.3 Å². The first-order valence-corrected chi connectivity index (χ1v) is 5.10. The number of carbonyl (C=O) groups is 2. The van der Waals surface area contributed by atoms with Crippen LogP contribution in [-0.2, 0) is 19.1 Å². The average molecular weight is 231 g/mol. The molecule has 92 valence electrons. The molecule has 1 rings (SSSR count). The van der Waals surface area contributed by atoms with Gasteiger partial charge in [-0.25, -0.2) is 0 Å². The van der Waals surface area contributed by atoms with Gasteiger partial charge in [0.1, 0.15) is 0 Å². The number of hydrogen-bond acceptors (Lipinski definition) is 4. The zero-order valence-electron chi connectivity index (χ0n) is 9.60. The fraction of sp³-hybridized carbons (Fsp3) is 0.800. The lowest BCUT2D eigenvalue weighted by Gasteiger charge is -2.22. The van der Waals surface area contributed by atoms with E-state index in [1.807, 2.05) is 0 Å². The molecule has 0 spiro atoms. The fourth-order valence-electron chi connectivity index (χ4n) is 1.66. The lowest BCUT2D eigenvalue weighted by molar-refractivity contribution is -0.142. The highest BCUT2D eigenvalue weighted by atomic mass is 16.7. The van der Waals surface area contributed by atoms with E-state index in [4.69, 9.17) is 14.6 Å². The molecule has 1 aliphatic rings. The smallest absolute Gasteiger partial charge is 0.307 e. The van der Waals surface area contributed by atoms with Crippen molar-refractivity contribution in [3.8, 4) is 0 Å². The topological polar surface area (TPSA) is 84.9 Å². The van der Waals surface area contributed by atoms with E-state index < -0.39 is 24.1 Å². The van der Waals surface area contributed by atoms with E-state index in [1.54, 1.807) is 6.92 Å². The molecule has 0 aliphatic heterocycles. The molecule has 1 saturated carbocycles. The average Bonchev–Trinajstić information content (AvgIpc) is 2.98. The maximum Gasteiger partial charge on any atom is 0.307 e. The van der Waals surface area contributed by atoms with Crippen molar-refractivity contribution >= 4 is 11.9 Å².